The van der Waals surface area contributed by atoms with Gasteiger partial charge in [-0.15, -0.1) is 12.4 Å². The molecule has 0 aromatic heterocycles. The lowest BCUT2D eigenvalue weighted by atomic mass is 10.1. The molecule has 0 spiro atoms. The minimum atomic E-state index is -0.627. The molecule has 5 N–H and O–H groups in total. The molecule has 0 radical (unpaired) electrons. The topological polar surface area (TPSA) is 145 Å². The van der Waals surface area contributed by atoms with E-state index in [9.17, 15) is 14.0 Å². The predicted octanol–water partition coefficient (Wildman–Crippen LogP) is 3.26. The highest BCUT2D eigenvalue weighted by molar-refractivity contribution is 6.06. The number of anilines is 1. The highest BCUT2D eigenvalue weighted by atomic mass is 35.5. The Morgan fingerprint density at radius 2 is 1.37 bits per heavy atom. The van der Waals surface area contributed by atoms with Crippen molar-refractivity contribution in [3.05, 3.63) is 82.7 Å². The number of carbonyl (C=O) groups is 2. The van der Waals surface area contributed by atoms with Crippen LogP contribution >= 0.6 is 12.4 Å². The van der Waals surface area contributed by atoms with Crippen molar-refractivity contribution in [1.29, 1.82) is 0 Å². The molecular formula is C30H36ClFN6O5. The van der Waals surface area contributed by atoms with E-state index in [-0.39, 0.29) is 29.5 Å². The van der Waals surface area contributed by atoms with E-state index in [1.165, 1.54) is 24.3 Å². The van der Waals surface area contributed by atoms with Crippen LogP contribution in [0.2, 0.25) is 0 Å². The van der Waals surface area contributed by atoms with E-state index in [0.717, 1.165) is 37.3 Å². The van der Waals surface area contributed by atoms with Crippen LogP contribution in [0.1, 0.15) is 31.8 Å². The number of aliphatic imine (C=N–C) groups is 1. The van der Waals surface area contributed by atoms with E-state index in [1.807, 2.05) is 12.1 Å². The molecule has 0 bridgehead atoms. The summed E-state index contributed by atoms with van der Waals surface area (Å²) in [5.74, 6) is -0.0414. The number of guanidine groups is 1. The molecule has 1 saturated heterocycles. The first-order chi connectivity index (χ1) is 20.2. The Morgan fingerprint density at radius 3 is 1.93 bits per heavy atom. The van der Waals surface area contributed by atoms with E-state index in [4.69, 9.17) is 25.7 Å². The van der Waals surface area contributed by atoms with Crippen molar-refractivity contribution in [1.82, 2.24) is 9.80 Å². The van der Waals surface area contributed by atoms with E-state index in [1.54, 1.807) is 39.5 Å². The SMILES string of the molecule is COc1ccc(CN2CCN(Cc3ccc(C(=O)N=C(N)N)cc3NC(=O)c3ccc(F)cc3)CC2)c(OC)c1OC.Cl. The molecule has 1 heterocycles. The van der Waals surface area contributed by atoms with Crippen LogP contribution < -0.4 is 31.0 Å². The molecule has 4 rings (SSSR count). The second-order valence-corrected chi connectivity index (χ2v) is 9.72. The van der Waals surface area contributed by atoms with Gasteiger partial charge in [0.25, 0.3) is 11.8 Å². The molecular weight excluding hydrogens is 579 g/mol. The third-order valence-electron chi connectivity index (χ3n) is 6.98. The summed E-state index contributed by atoms with van der Waals surface area (Å²) in [5.41, 5.74) is 13.5. The Labute approximate surface area is 256 Å². The van der Waals surface area contributed by atoms with Gasteiger partial charge in [-0.3, -0.25) is 19.4 Å². The maximum atomic E-state index is 13.4. The number of halogens is 2. The van der Waals surface area contributed by atoms with Crippen LogP contribution in [-0.2, 0) is 13.1 Å². The summed E-state index contributed by atoms with van der Waals surface area (Å²) in [5, 5.41) is 2.86. The third-order valence-corrected chi connectivity index (χ3v) is 6.98. The Morgan fingerprint density at radius 1 is 0.814 bits per heavy atom. The number of piperazine rings is 1. The molecule has 1 aliphatic rings. The molecule has 2 amide bonds. The van der Waals surface area contributed by atoms with Crippen molar-refractivity contribution < 1.29 is 28.2 Å². The number of rotatable bonds is 10. The van der Waals surface area contributed by atoms with Gasteiger partial charge in [0.15, 0.2) is 17.5 Å². The highest BCUT2D eigenvalue weighted by Crippen LogP contribution is 2.40. The van der Waals surface area contributed by atoms with Gasteiger partial charge in [-0.25, -0.2) is 4.39 Å². The van der Waals surface area contributed by atoms with Gasteiger partial charge < -0.3 is 31.0 Å². The number of hydrogen-bond acceptors (Lipinski definition) is 7. The lowest BCUT2D eigenvalue weighted by Gasteiger charge is -2.35. The molecule has 3 aromatic carbocycles. The summed E-state index contributed by atoms with van der Waals surface area (Å²) < 4.78 is 29.9. The average molecular weight is 615 g/mol. The smallest absolute Gasteiger partial charge is 0.280 e. The van der Waals surface area contributed by atoms with Crippen molar-refractivity contribution in [3.63, 3.8) is 0 Å². The van der Waals surface area contributed by atoms with Crippen LogP contribution in [0.4, 0.5) is 10.1 Å². The second kappa shape index (κ2) is 15.2. The molecule has 43 heavy (non-hydrogen) atoms. The first-order valence-electron chi connectivity index (χ1n) is 13.3. The van der Waals surface area contributed by atoms with Gasteiger partial charge in [0, 0.05) is 61.6 Å². The Hall–Kier alpha value is -4.39. The fourth-order valence-electron chi connectivity index (χ4n) is 4.82. The summed E-state index contributed by atoms with van der Waals surface area (Å²) in [6.07, 6.45) is 0. The Kier molecular flexibility index (Phi) is 11.7. The molecule has 11 nitrogen and oxygen atoms in total. The first kappa shape index (κ1) is 33.1. The van der Waals surface area contributed by atoms with Gasteiger partial charge in [0.05, 0.1) is 21.3 Å². The van der Waals surface area contributed by atoms with Gasteiger partial charge >= 0.3 is 0 Å². The van der Waals surface area contributed by atoms with Gasteiger partial charge in [0.1, 0.15) is 5.82 Å². The number of nitrogens with one attached hydrogen (secondary N) is 1. The number of carbonyl (C=O) groups excluding carboxylic acids is 2. The van der Waals surface area contributed by atoms with Crippen molar-refractivity contribution in [2.75, 3.05) is 52.8 Å². The summed E-state index contributed by atoms with van der Waals surface area (Å²) >= 11 is 0. The zero-order chi connectivity index (χ0) is 30.2. The Bertz CT molecular complexity index is 1460. The van der Waals surface area contributed by atoms with Crippen LogP contribution in [0.5, 0.6) is 17.2 Å². The lowest BCUT2D eigenvalue weighted by molar-refractivity contribution is 0.0997. The number of ether oxygens (including phenoxy) is 3. The van der Waals surface area contributed by atoms with Gasteiger partial charge in [-0.1, -0.05) is 12.1 Å². The van der Waals surface area contributed by atoms with Gasteiger partial charge in [-0.2, -0.15) is 4.99 Å². The van der Waals surface area contributed by atoms with Crippen LogP contribution in [-0.4, -0.2) is 75.1 Å². The van der Waals surface area contributed by atoms with E-state index in [2.05, 4.69) is 20.1 Å². The zero-order valence-electron chi connectivity index (χ0n) is 24.3. The maximum Gasteiger partial charge on any atom is 0.280 e. The highest BCUT2D eigenvalue weighted by Gasteiger charge is 2.23. The fraction of sp³-hybridized carbons (Fsp3) is 0.300. The van der Waals surface area contributed by atoms with E-state index in [0.29, 0.717) is 36.0 Å². The van der Waals surface area contributed by atoms with E-state index >= 15 is 0 Å². The monoisotopic (exact) mass is 614 g/mol. The third kappa shape index (κ3) is 8.34. The summed E-state index contributed by atoms with van der Waals surface area (Å²) in [6, 6.07) is 14.0. The van der Waals surface area contributed by atoms with Gasteiger partial charge in [0.2, 0.25) is 5.75 Å². The molecule has 13 heteroatoms. The minimum Gasteiger partial charge on any atom is -0.493 e. The number of amides is 2. The fourth-order valence-corrected chi connectivity index (χ4v) is 4.82. The van der Waals surface area contributed by atoms with Crippen LogP contribution in [0.25, 0.3) is 0 Å². The standard InChI is InChI=1S/C30H35FN6O5.ClH/c1-40-25-11-8-22(26(41-2)27(25)42-3)18-37-14-12-36(13-15-37)17-21-5-4-20(29(39)35-30(32)33)16-24(21)34-28(38)19-6-9-23(31)10-7-19;/h4-11,16H,12-15,17-18H2,1-3H3,(H,34,38)(H4,32,33,35,39);1H. The molecule has 0 saturated carbocycles. The normalized spacial score (nSPS) is 13.4. The van der Waals surface area contributed by atoms with Crippen LogP contribution in [0.15, 0.2) is 59.6 Å². The van der Waals surface area contributed by atoms with Crippen LogP contribution in [0.3, 0.4) is 0 Å². The maximum absolute atomic E-state index is 13.4. The molecule has 3 aromatic rings. The largest absolute Gasteiger partial charge is 0.493 e. The zero-order valence-corrected chi connectivity index (χ0v) is 25.1. The quantitative estimate of drug-likeness (QED) is 0.231. The van der Waals surface area contributed by atoms with Gasteiger partial charge in [-0.05, 0) is 48.0 Å². The molecule has 0 aliphatic carbocycles. The lowest BCUT2D eigenvalue weighted by Crippen LogP contribution is -2.45. The number of nitrogens with two attached hydrogens (primary N) is 2. The number of nitrogens with zero attached hydrogens (tertiary/aromatic N) is 3. The summed E-state index contributed by atoms with van der Waals surface area (Å²) in [4.78, 5) is 33.6. The number of hydrogen-bond donors (Lipinski definition) is 3. The van der Waals surface area contributed by atoms with Crippen molar-refractivity contribution in [2.45, 2.75) is 13.1 Å². The molecule has 230 valence electrons. The second-order valence-electron chi connectivity index (χ2n) is 9.72. The molecule has 1 aliphatic heterocycles. The Balaban J connectivity index is 0.00000506. The predicted molar refractivity (Wildman–Crippen MR) is 165 cm³/mol. The van der Waals surface area contributed by atoms with Crippen molar-refractivity contribution >= 4 is 35.9 Å². The van der Waals surface area contributed by atoms with E-state index < -0.39 is 17.6 Å². The van der Waals surface area contributed by atoms with Crippen LogP contribution in [0, 0.1) is 5.82 Å². The van der Waals surface area contributed by atoms with Crippen molar-refractivity contribution in [2.24, 2.45) is 16.5 Å². The number of methoxy groups -OCH3 is 3. The summed E-state index contributed by atoms with van der Waals surface area (Å²) in [7, 11) is 4.79. The average Bonchev–Trinajstić information content (AvgIpc) is 2.98. The van der Waals surface area contributed by atoms with Crippen molar-refractivity contribution in [3.8, 4) is 17.2 Å². The molecule has 0 atom stereocenters. The molecule has 0 unspecified atom stereocenters. The summed E-state index contributed by atoms with van der Waals surface area (Å²) in [6.45, 7) is 4.36. The first-order valence-corrected chi connectivity index (χ1v) is 13.3. The minimum absolute atomic E-state index is 0. The number of benzene rings is 3. The molecule has 1 fully saturated rings.